The molecular formula is C20H26F2N2O4. The summed E-state index contributed by atoms with van der Waals surface area (Å²) in [6.45, 7) is 3.16. The number of β-amino-alcohol motifs (C(OH)–C–C–N with tert-alkyl or cyclic N) is 1. The van der Waals surface area contributed by atoms with Gasteiger partial charge < -0.3 is 19.5 Å². The lowest BCUT2D eigenvalue weighted by Crippen LogP contribution is -2.59. The highest BCUT2D eigenvalue weighted by molar-refractivity contribution is 5.86. The van der Waals surface area contributed by atoms with E-state index < -0.39 is 28.9 Å². The number of hydrogen-bond donors (Lipinski definition) is 1. The van der Waals surface area contributed by atoms with E-state index in [0.717, 1.165) is 6.07 Å². The maximum Gasteiger partial charge on any atom is 0.256 e. The van der Waals surface area contributed by atoms with E-state index in [1.165, 1.54) is 17.0 Å². The molecule has 3 saturated heterocycles. The van der Waals surface area contributed by atoms with Gasteiger partial charge in [-0.2, -0.15) is 0 Å². The first-order valence-electron chi connectivity index (χ1n) is 9.86. The van der Waals surface area contributed by atoms with Gasteiger partial charge in [-0.15, -0.1) is 0 Å². The standard InChI is InChI=1S/C20H26F2N2O4/c21-16-4-1-3-15(17(16)22)13-24-8-2-5-19(26,18(24)25)14-23-9-6-20(7-10-23)27-11-12-28-20/h1,3-4,26H,2,5-14H2/t19-/m1/s1. The lowest BCUT2D eigenvalue weighted by atomic mass is 9.89. The molecule has 28 heavy (non-hydrogen) atoms. The lowest BCUT2D eigenvalue weighted by molar-refractivity contribution is -0.191. The van der Waals surface area contributed by atoms with Crippen molar-refractivity contribution in [1.29, 1.82) is 0 Å². The molecule has 3 aliphatic rings. The minimum atomic E-state index is -1.51. The summed E-state index contributed by atoms with van der Waals surface area (Å²) in [7, 11) is 0. The molecule has 0 aromatic heterocycles. The second-order valence-electron chi connectivity index (χ2n) is 7.96. The lowest BCUT2D eigenvalue weighted by Gasteiger charge is -2.43. The summed E-state index contributed by atoms with van der Waals surface area (Å²) in [5, 5.41) is 11.1. The van der Waals surface area contributed by atoms with Crippen LogP contribution in [-0.4, -0.2) is 71.6 Å². The number of nitrogens with zero attached hydrogens (tertiary/aromatic N) is 2. The van der Waals surface area contributed by atoms with Gasteiger partial charge in [-0.3, -0.25) is 9.69 Å². The number of hydrogen-bond acceptors (Lipinski definition) is 5. The maximum absolute atomic E-state index is 14.0. The number of carbonyl (C=O) groups excluding carboxylic acids is 1. The van der Waals surface area contributed by atoms with Crippen LogP contribution in [0.3, 0.4) is 0 Å². The molecule has 1 aromatic rings. The van der Waals surface area contributed by atoms with Crippen LogP contribution in [0.5, 0.6) is 0 Å². The molecule has 0 radical (unpaired) electrons. The molecule has 6 nitrogen and oxygen atoms in total. The number of aliphatic hydroxyl groups is 1. The average Bonchev–Trinajstić information content (AvgIpc) is 3.13. The third kappa shape index (κ3) is 3.78. The molecule has 0 bridgehead atoms. The van der Waals surface area contributed by atoms with E-state index in [9.17, 15) is 18.7 Å². The number of piperidine rings is 2. The fourth-order valence-electron chi connectivity index (χ4n) is 4.45. The second-order valence-corrected chi connectivity index (χ2v) is 7.96. The van der Waals surface area contributed by atoms with E-state index in [0.29, 0.717) is 58.5 Å². The molecular weight excluding hydrogens is 370 g/mol. The van der Waals surface area contributed by atoms with E-state index in [4.69, 9.17) is 9.47 Å². The Hall–Kier alpha value is -1.61. The van der Waals surface area contributed by atoms with Crippen LogP contribution in [0.1, 0.15) is 31.2 Å². The summed E-state index contributed by atoms with van der Waals surface area (Å²) >= 11 is 0. The Bertz CT molecular complexity index is 731. The molecule has 0 unspecified atom stereocenters. The summed E-state index contributed by atoms with van der Waals surface area (Å²) in [6, 6.07) is 3.93. The molecule has 1 N–H and O–H groups in total. The summed E-state index contributed by atoms with van der Waals surface area (Å²) in [5.74, 6) is -2.80. The second kappa shape index (κ2) is 7.67. The van der Waals surface area contributed by atoms with Crippen molar-refractivity contribution >= 4 is 5.91 Å². The molecule has 3 fully saturated rings. The predicted octanol–water partition coefficient (Wildman–Crippen LogP) is 1.66. The van der Waals surface area contributed by atoms with E-state index >= 15 is 0 Å². The fraction of sp³-hybridized carbons (Fsp3) is 0.650. The number of carbonyl (C=O) groups is 1. The topological polar surface area (TPSA) is 62.2 Å². The van der Waals surface area contributed by atoms with Gasteiger partial charge in [-0.25, -0.2) is 8.78 Å². The summed E-state index contributed by atoms with van der Waals surface area (Å²) < 4.78 is 38.9. The molecule has 3 aliphatic heterocycles. The normalized spacial score (nSPS) is 28.2. The van der Waals surface area contributed by atoms with Crippen molar-refractivity contribution in [2.45, 2.75) is 43.6 Å². The maximum atomic E-state index is 14.0. The molecule has 1 spiro atoms. The van der Waals surface area contributed by atoms with Gasteiger partial charge in [0.05, 0.1) is 13.2 Å². The number of ether oxygens (including phenoxy) is 2. The molecule has 1 atom stereocenters. The SMILES string of the molecule is O=C1N(Cc2cccc(F)c2F)CCC[C@@]1(O)CN1CCC2(CC1)OCCO2. The highest BCUT2D eigenvalue weighted by Gasteiger charge is 2.46. The zero-order valence-corrected chi connectivity index (χ0v) is 15.8. The van der Waals surface area contributed by atoms with Gasteiger partial charge in [0, 0.05) is 51.1 Å². The largest absolute Gasteiger partial charge is 0.379 e. The van der Waals surface area contributed by atoms with Crippen LogP contribution in [0.2, 0.25) is 0 Å². The van der Waals surface area contributed by atoms with Crippen LogP contribution in [-0.2, 0) is 20.8 Å². The van der Waals surface area contributed by atoms with Gasteiger partial charge in [0.25, 0.3) is 5.91 Å². The van der Waals surface area contributed by atoms with Crippen molar-refractivity contribution in [2.24, 2.45) is 0 Å². The van der Waals surface area contributed by atoms with E-state index in [2.05, 4.69) is 4.90 Å². The third-order valence-corrected chi connectivity index (χ3v) is 6.01. The Morgan fingerprint density at radius 1 is 1.07 bits per heavy atom. The van der Waals surface area contributed by atoms with Gasteiger partial charge in [-0.05, 0) is 18.9 Å². The van der Waals surface area contributed by atoms with Crippen LogP contribution < -0.4 is 0 Å². The molecule has 1 amide bonds. The van der Waals surface area contributed by atoms with Crippen LogP contribution in [0.15, 0.2) is 18.2 Å². The van der Waals surface area contributed by atoms with Gasteiger partial charge in [0.15, 0.2) is 23.0 Å². The van der Waals surface area contributed by atoms with Gasteiger partial charge in [0.1, 0.15) is 0 Å². The molecule has 1 aromatic carbocycles. The fourth-order valence-corrected chi connectivity index (χ4v) is 4.45. The summed E-state index contributed by atoms with van der Waals surface area (Å²) in [5.41, 5.74) is -1.39. The number of rotatable bonds is 4. The number of amides is 1. The first-order chi connectivity index (χ1) is 13.4. The molecule has 3 heterocycles. The molecule has 0 saturated carbocycles. The first kappa shape index (κ1) is 19.7. The van der Waals surface area contributed by atoms with Crippen LogP contribution >= 0.6 is 0 Å². The predicted molar refractivity (Wildman–Crippen MR) is 96.3 cm³/mol. The third-order valence-electron chi connectivity index (χ3n) is 6.01. The van der Waals surface area contributed by atoms with Crippen molar-refractivity contribution in [3.05, 3.63) is 35.4 Å². The zero-order valence-electron chi connectivity index (χ0n) is 15.8. The molecule has 4 rings (SSSR count). The van der Waals surface area contributed by atoms with Gasteiger partial charge in [-0.1, -0.05) is 12.1 Å². The Morgan fingerprint density at radius 3 is 2.50 bits per heavy atom. The first-order valence-corrected chi connectivity index (χ1v) is 9.86. The van der Waals surface area contributed by atoms with Gasteiger partial charge in [0.2, 0.25) is 0 Å². The minimum Gasteiger partial charge on any atom is -0.379 e. The summed E-state index contributed by atoms with van der Waals surface area (Å²) in [6.07, 6.45) is 2.39. The summed E-state index contributed by atoms with van der Waals surface area (Å²) in [4.78, 5) is 16.4. The monoisotopic (exact) mass is 396 g/mol. The number of likely N-dealkylation sites (tertiary alicyclic amines) is 2. The molecule has 0 aliphatic carbocycles. The van der Waals surface area contributed by atoms with E-state index in [-0.39, 0.29) is 18.7 Å². The Labute approximate surface area is 163 Å². The Morgan fingerprint density at radius 2 is 1.79 bits per heavy atom. The Balaban J connectivity index is 1.40. The quantitative estimate of drug-likeness (QED) is 0.839. The molecule has 8 heteroatoms. The van der Waals surface area contributed by atoms with Crippen molar-refractivity contribution in [3.63, 3.8) is 0 Å². The number of benzene rings is 1. The van der Waals surface area contributed by atoms with Crippen molar-refractivity contribution in [1.82, 2.24) is 9.80 Å². The van der Waals surface area contributed by atoms with Crippen LogP contribution in [0.4, 0.5) is 8.78 Å². The molecule has 154 valence electrons. The smallest absolute Gasteiger partial charge is 0.256 e. The highest BCUT2D eigenvalue weighted by atomic mass is 19.2. The van der Waals surface area contributed by atoms with E-state index in [1.54, 1.807) is 0 Å². The van der Waals surface area contributed by atoms with Crippen molar-refractivity contribution in [2.75, 3.05) is 39.4 Å². The minimum absolute atomic E-state index is 0.0461. The highest BCUT2D eigenvalue weighted by Crippen LogP contribution is 2.33. The van der Waals surface area contributed by atoms with Crippen molar-refractivity contribution in [3.8, 4) is 0 Å². The van der Waals surface area contributed by atoms with E-state index in [1.807, 2.05) is 0 Å². The average molecular weight is 396 g/mol. The zero-order chi connectivity index (χ0) is 19.8. The number of halogens is 2. The van der Waals surface area contributed by atoms with Crippen LogP contribution in [0, 0.1) is 11.6 Å². The van der Waals surface area contributed by atoms with Crippen LogP contribution in [0.25, 0.3) is 0 Å². The van der Waals surface area contributed by atoms with Crippen molar-refractivity contribution < 1.29 is 28.2 Å². The Kier molecular flexibility index (Phi) is 5.39. The van der Waals surface area contributed by atoms with Gasteiger partial charge >= 0.3 is 0 Å².